The average Bonchev–Trinajstić information content (AvgIpc) is 3.09. The Labute approximate surface area is 153 Å². The van der Waals surface area contributed by atoms with Gasteiger partial charge in [-0.05, 0) is 57.0 Å². The van der Waals surface area contributed by atoms with Gasteiger partial charge in [0.15, 0.2) is 0 Å². The third-order valence-corrected chi connectivity index (χ3v) is 6.86. The maximum Gasteiger partial charge on any atom is 0.264 e. The van der Waals surface area contributed by atoms with Crippen LogP contribution in [-0.2, 0) is 21.2 Å². The smallest absolute Gasteiger partial charge is 0.264 e. The van der Waals surface area contributed by atoms with E-state index in [9.17, 15) is 13.2 Å². The van der Waals surface area contributed by atoms with E-state index >= 15 is 0 Å². The summed E-state index contributed by atoms with van der Waals surface area (Å²) in [4.78, 5) is 12.4. The van der Waals surface area contributed by atoms with Crippen LogP contribution < -0.4 is 9.62 Å². The van der Waals surface area contributed by atoms with Crippen molar-refractivity contribution in [1.29, 1.82) is 0 Å². The van der Waals surface area contributed by atoms with Crippen LogP contribution in [0.25, 0.3) is 5.57 Å². The number of anilines is 2. The first-order valence-electron chi connectivity index (χ1n) is 8.56. The van der Waals surface area contributed by atoms with Gasteiger partial charge in [0, 0.05) is 22.9 Å². The Morgan fingerprint density at radius 1 is 1.15 bits per heavy atom. The maximum atomic E-state index is 13.4. The summed E-state index contributed by atoms with van der Waals surface area (Å²) in [5.41, 5.74) is 4.47. The Balaban J connectivity index is 1.85. The number of hydrogen-bond donors (Lipinski definition) is 1. The minimum Gasteiger partial charge on any atom is -0.321 e. The predicted molar refractivity (Wildman–Crippen MR) is 103 cm³/mol. The molecule has 0 fully saturated rings. The summed E-state index contributed by atoms with van der Waals surface area (Å²) in [6.07, 6.45) is 0.694. The molecule has 0 spiro atoms. The van der Waals surface area contributed by atoms with Crippen molar-refractivity contribution >= 4 is 32.9 Å². The summed E-state index contributed by atoms with van der Waals surface area (Å²) >= 11 is 0. The van der Waals surface area contributed by atoms with Gasteiger partial charge in [-0.1, -0.05) is 23.8 Å². The fraction of sp³-hybridized carbons (Fsp3) is 0.250. The normalized spacial score (nSPS) is 18.6. The number of benzene rings is 2. The zero-order chi connectivity index (χ0) is 18.6. The number of rotatable bonds is 2. The van der Waals surface area contributed by atoms with Gasteiger partial charge < -0.3 is 5.32 Å². The molecule has 1 amide bonds. The molecular formula is C20H20N2O3S. The Morgan fingerprint density at radius 2 is 1.88 bits per heavy atom. The van der Waals surface area contributed by atoms with Crippen LogP contribution in [0.2, 0.25) is 0 Å². The molecule has 0 aromatic heterocycles. The van der Waals surface area contributed by atoms with Crippen molar-refractivity contribution in [2.75, 3.05) is 9.62 Å². The van der Waals surface area contributed by atoms with Crippen molar-refractivity contribution in [1.82, 2.24) is 0 Å². The fourth-order valence-corrected chi connectivity index (χ4v) is 5.54. The van der Waals surface area contributed by atoms with Crippen LogP contribution in [0.1, 0.15) is 31.9 Å². The lowest BCUT2D eigenvalue weighted by atomic mass is 10.0. The van der Waals surface area contributed by atoms with Crippen LogP contribution in [0.4, 0.5) is 11.4 Å². The maximum absolute atomic E-state index is 13.4. The third-order valence-electron chi connectivity index (χ3n) is 4.94. The van der Waals surface area contributed by atoms with Gasteiger partial charge in [-0.15, -0.1) is 0 Å². The molecule has 26 heavy (non-hydrogen) atoms. The molecule has 2 aliphatic rings. The lowest BCUT2D eigenvalue weighted by Gasteiger charge is -2.24. The van der Waals surface area contributed by atoms with Crippen molar-refractivity contribution < 1.29 is 13.2 Å². The number of sulfonamides is 1. The molecule has 6 heteroatoms. The molecule has 0 radical (unpaired) electrons. The van der Waals surface area contributed by atoms with Crippen LogP contribution in [-0.4, -0.2) is 20.4 Å². The highest BCUT2D eigenvalue weighted by atomic mass is 32.2. The summed E-state index contributed by atoms with van der Waals surface area (Å²) in [6.45, 7) is 5.62. The number of amides is 1. The van der Waals surface area contributed by atoms with Gasteiger partial charge in [-0.2, -0.15) is 0 Å². The van der Waals surface area contributed by atoms with Gasteiger partial charge >= 0.3 is 0 Å². The van der Waals surface area contributed by atoms with Crippen molar-refractivity contribution in [3.8, 4) is 0 Å². The van der Waals surface area contributed by atoms with Crippen LogP contribution in [0, 0.1) is 0 Å². The molecule has 134 valence electrons. The summed E-state index contributed by atoms with van der Waals surface area (Å²) in [7, 11) is -3.72. The molecule has 5 nitrogen and oxygen atoms in total. The van der Waals surface area contributed by atoms with E-state index in [1.54, 1.807) is 18.2 Å². The lowest BCUT2D eigenvalue weighted by Crippen LogP contribution is -2.35. The molecule has 1 N–H and O–H groups in total. The molecular weight excluding hydrogens is 348 g/mol. The van der Waals surface area contributed by atoms with Crippen molar-refractivity contribution in [2.45, 2.75) is 38.1 Å². The van der Waals surface area contributed by atoms with Gasteiger partial charge in [0.05, 0.1) is 10.6 Å². The zero-order valence-electron chi connectivity index (χ0n) is 14.9. The topological polar surface area (TPSA) is 66.5 Å². The third kappa shape index (κ3) is 2.36. The summed E-state index contributed by atoms with van der Waals surface area (Å²) < 4.78 is 28.2. The first-order valence-corrected chi connectivity index (χ1v) is 10.0. The highest BCUT2D eigenvalue weighted by molar-refractivity contribution is 7.92. The van der Waals surface area contributed by atoms with E-state index < -0.39 is 10.0 Å². The number of allylic oxidation sites excluding steroid dienone is 1. The quantitative estimate of drug-likeness (QED) is 0.824. The van der Waals surface area contributed by atoms with Gasteiger partial charge in [-0.25, -0.2) is 8.42 Å². The second kappa shape index (κ2) is 5.71. The Hall–Kier alpha value is -2.60. The Kier molecular flexibility index (Phi) is 3.70. The number of carbonyl (C=O) groups is 1. The number of carbonyl (C=O) groups excluding carboxylic acids is 1. The minimum atomic E-state index is -3.72. The Morgan fingerprint density at radius 3 is 2.62 bits per heavy atom. The first kappa shape index (κ1) is 16.8. The molecule has 1 atom stereocenters. The average molecular weight is 368 g/mol. The van der Waals surface area contributed by atoms with E-state index in [0.717, 1.165) is 16.8 Å². The van der Waals surface area contributed by atoms with Crippen molar-refractivity contribution in [3.63, 3.8) is 0 Å². The standard InChI is InChI=1S/C20H20N2O3S/c1-12(2)19-16-11-15(8-9-17(16)21-20(19)23)26(24,25)22-13(3)10-14-6-4-5-7-18(14)22/h4-9,11,13H,10H2,1-3H3,(H,21,23)/t13-/m1/s1. The van der Waals surface area contributed by atoms with Crippen LogP contribution >= 0.6 is 0 Å². The summed E-state index contributed by atoms with van der Waals surface area (Å²) in [5.74, 6) is -0.186. The van der Waals surface area contributed by atoms with E-state index in [1.165, 1.54) is 4.31 Å². The Bertz CT molecular complexity index is 1070. The largest absolute Gasteiger partial charge is 0.321 e. The molecule has 2 aromatic rings. The van der Waals surface area contributed by atoms with Gasteiger partial charge in [-0.3, -0.25) is 9.10 Å². The van der Waals surface area contributed by atoms with Crippen LogP contribution in [0.3, 0.4) is 0 Å². The molecule has 2 heterocycles. The molecule has 0 saturated carbocycles. The summed E-state index contributed by atoms with van der Waals surface area (Å²) in [5, 5.41) is 2.80. The molecule has 0 bridgehead atoms. The first-order chi connectivity index (χ1) is 12.3. The van der Waals surface area contributed by atoms with Gasteiger partial charge in [0.1, 0.15) is 0 Å². The highest BCUT2D eigenvalue weighted by Gasteiger charge is 2.37. The summed E-state index contributed by atoms with van der Waals surface area (Å²) in [6, 6.07) is 12.3. The number of nitrogens with zero attached hydrogens (tertiary/aromatic N) is 1. The second-order valence-electron chi connectivity index (χ2n) is 7.02. The molecule has 2 aliphatic heterocycles. The van der Waals surface area contributed by atoms with Gasteiger partial charge in [0.25, 0.3) is 15.9 Å². The zero-order valence-corrected chi connectivity index (χ0v) is 15.7. The fourth-order valence-electron chi connectivity index (χ4n) is 3.82. The number of para-hydroxylation sites is 1. The van der Waals surface area contributed by atoms with Crippen molar-refractivity contribution in [2.24, 2.45) is 0 Å². The second-order valence-corrected chi connectivity index (χ2v) is 8.83. The lowest BCUT2D eigenvalue weighted by molar-refractivity contribution is -0.110. The van der Waals surface area contributed by atoms with E-state index in [4.69, 9.17) is 0 Å². The minimum absolute atomic E-state index is 0.145. The molecule has 2 aromatic carbocycles. The number of fused-ring (bicyclic) bond motifs is 2. The monoisotopic (exact) mass is 368 g/mol. The molecule has 4 rings (SSSR count). The van der Waals surface area contributed by atoms with E-state index in [1.807, 2.05) is 45.0 Å². The molecule has 0 aliphatic carbocycles. The number of hydrogen-bond acceptors (Lipinski definition) is 3. The molecule has 0 saturated heterocycles. The van der Waals surface area contributed by atoms with E-state index in [-0.39, 0.29) is 16.8 Å². The number of nitrogens with one attached hydrogen (secondary N) is 1. The van der Waals surface area contributed by atoms with E-state index in [2.05, 4.69) is 5.32 Å². The molecule has 0 unspecified atom stereocenters. The predicted octanol–water partition coefficient (Wildman–Crippen LogP) is 3.57. The van der Waals surface area contributed by atoms with Gasteiger partial charge in [0.2, 0.25) is 0 Å². The van der Waals surface area contributed by atoms with E-state index in [0.29, 0.717) is 23.2 Å². The van der Waals surface area contributed by atoms with Crippen LogP contribution in [0.15, 0.2) is 52.9 Å². The van der Waals surface area contributed by atoms with Crippen LogP contribution in [0.5, 0.6) is 0 Å². The highest BCUT2D eigenvalue weighted by Crippen LogP contribution is 2.39. The van der Waals surface area contributed by atoms with Crippen molar-refractivity contribution in [3.05, 3.63) is 59.2 Å². The SMILES string of the molecule is CC(C)=C1C(=O)Nc2ccc(S(=O)(=O)N3c4ccccc4C[C@H]3C)cc21.